The predicted octanol–water partition coefficient (Wildman–Crippen LogP) is 2.96. The van der Waals surface area contributed by atoms with E-state index in [1.165, 1.54) is 11.8 Å². The molecule has 3 aromatic rings. The van der Waals surface area contributed by atoms with Crippen LogP contribution in [0.4, 0.5) is 0 Å². The van der Waals surface area contributed by atoms with E-state index >= 15 is 0 Å². The molecule has 1 N–H and O–H groups in total. The highest BCUT2D eigenvalue weighted by Crippen LogP contribution is 2.28. The van der Waals surface area contributed by atoms with Crippen LogP contribution in [0.5, 0.6) is 0 Å². The zero-order valence-corrected chi connectivity index (χ0v) is 14.3. The average molecular weight is 346 g/mol. The van der Waals surface area contributed by atoms with Gasteiger partial charge in [-0.1, -0.05) is 37.7 Å². The number of aryl methyl sites for hydroxylation is 1. The van der Waals surface area contributed by atoms with Crippen LogP contribution in [0.15, 0.2) is 38.3 Å². The lowest BCUT2D eigenvalue weighted by Crippen LogP contribution is -2.32. The number of thioether (sulfide) groups is 1. The molecule has 0 bridgehead atoms. The zero-order valence-electron chi connectivity index (χ0n) is 13.5. The highest BCUT2D eigenvalue weighted by Gasteiger charge is 2.21. The van der Waals surface area contributed by atoms with Crippen molar-refractivity contribution in [2.24, 2.45) is 0 Å². The summed E-state index contributed by atoms with van der Waals surface area (Å²) in [7, 11) is 0. The zero-order chi connectivity index (χ0) is 16.9. The van der Waals surface area contributed by atoms with Gasteiger partial charge in [0.05, 0.1) is 11.8 Å². The number of nitrogens with one attached hydrogen (secondary N) is 1. The second-order valence-electron chi connectivity index (χ2n) is 5.12. The lowest BCUT2D eigenvalue weighted by atomic mass is 10.3. The van der Waals surface area contributed by atoms with Crippen LogP contribution < -0.4 is 5.32 Å². The maximum atomic E-state index is 12.4. The Kier molecular flexibility index (Phi) is 5.14. The van der Waals surface area contributed by atoms with E-state index in [2.05, 4.69) is 20.5 Å². The number of carbonyl (C=O) groups excluding carboxylic acids is 1. The van der Waals surface area contributed by atoms with Crippen molar-refractivity contribution >= 4 is 28.8 Å². The van der Waals surface area contributed by atoms with Gasteiger partial charge in [0.2, 0.25) is 17.7 Å². The number of benzene rings is 1. The molecule has 0 aliphatic carbocycles. The summed E-state index contributed by atoms with van der Waals surface area (Å²) in [5.74, 6) is 0.857. The van der Waals surface area contributed by atoms with Crippen LogP contribution in [0.1, 0.15) is 32.0 Å². The second-order valence-corrected chi connectivity index (χ2v) is 6.28. The quantitative estimate of drug-likeness (QED) is 0.657. The fourth-order valence-corrected chi connectivity index (χ4v) is 3.01. The molecule has 0 unspecified atom stereocenters. The third kappa shape index (κ3) is 3.76. The van der Waals surface area contributed by atoms with E-state index in [1.807, 2.05) is 38.1 Å². The van der Waals surface area contributed by atoms with Gasteiger partial charge in [-0.05, 0) is 18.6 Å². The first-order chi connectivity index (χ1) is 11.7. The first kappa shape index (κ1) is 16.5. The molecule has 0 saturated heterocycles. The maximum absolute atomic E-state index is 12.4. The number of rotatable bonds is 7. The van der Waals surface area contributed by atoms with Crippen molar-refractivity contribution in [1.82, 2.24) is 20.5 Å². The van der Waals surface area contributed by atoms with Gasteiger partial charge in [0.25, 0.3) is 5.22 Å². The number of amides is 1. The summed E-state index contributed by atoms with van der Waals surface area (Å²) >= 11 is 1.31. The molecular weight excluding hydrogens is 328 g/mol. The number of oxazole rings is 1. The Morgan fingerprint density at radius 2 is 2.00 bits per heavy atom. The minimum absolute atomic E-state index is 0.110. The van der Waals surface area contributed by atoms with E-state index < -0.39 is 0 Å². The van der Waals surface area contributed by atoms with E-state index in [-0.39, 0.29) is 17.7 Å². The minimum Gasteiger partial charge on any atom is -0.431 e. The lowest BCUT2D eigenvalue weighted by molar-refractivity contribution is -0.120. The van der Waals surface area contributed by atoms with Gasteiger partial charge in [-0.15, -0.1) is 10.2 Å². The first-order valence-corrected chi connectivity index (χ1v) is 8.68. The van der Waals surface area contributed by atoms with Crippen LogP contribution in [0.3, 0.4) is 0 Å². The van der Waals surface area contributed by atoms with Gasteiger partial charge in [0, 0.05) is 6.42 Å². The summed E-state index contributed by atoms with van der Waals surface area (Å²) in [6, 6.07) is 7.53. The molecule has 0 aliphatic rings. The number of hydrogen-bond donors (Lipinski definition) is 1. The summed E-state index contributed by atoms with van der Waals surface area (Å²) in [5, 5.41) is 10.8. The topological polar surface area (TPSA) is 94.1 Å². The molecule has 24 heavy (non-hydrogen) atoms. The minimum atomic E-state index is -0.299. The van der Waals surface area contributed by atoms with Crippen LogP contribution in [-0.4, -0.2) is 26.3 Å². The Morgan fingerprint density at radius 3 is 2.71 bits per heavy atom. The molecule has 0 spiro atoms. The predicted molar refractivity (Wildman–Crippen MR) is 89.5 cm³/mol. The fraction of sp³-hybridized carbons (Fsp3) is 0.375. The standard InChI is InChI=1S/C16H18N4O3S/c1-3-12(15(21)17-9-14-20-19-13(4-2)23-14)24-16-18-10-7-5-6-8-11(10)22-16/h5-8,12H,3-4,9H2,1-2H3,(H,17,21)/t12-/m0/s1. The number of hydrogen-bond acceptors (Lipinski definition) is 7. The van der Waals surface area contributed by atoms with E-state index in [0.717, 1.165) is 5.52 Å². The molecule has 2 heterocycles. The summed E-state index contributed by atoms with van der Waals surface area (Å²) < 4.78 is 11.0. The third-order valence-corrected chi connectivity index (χ3v) is 4.61. The first-order valence-electron chi connectivity index (χ1n) is 7.80. The molecule has 0 radical (unpaired) electrons. The molecule has 1 amide bonds. The van der Waals surface area contributed by atoms with E-state index in [9.17, 15) is 4.79 Å². The van der Waals surface area contributed by atoms with Gasteiger partial charge in [-0.2, -0.15) is 0 Å². The molecule has 7 nitrogen and oxygen atoms in total. The van der Waals surface area contributed by atoms with Gasteiger partial charge >= 0.3 is 0 Å². The van der Waals surface area contributed by atoms with Gasteiger partial charge in [-0.3, -0.25) is 4.79 Å². The third-order valence-electron chi connectivity index (χ3n) is 3.41. The van der Waals surface area contributed by atoms with Crippen molar-refractivity contribution in [1.29, 1.82) is 0 Å². The highest BCUT2D eigenvalue weighted by molar-refractivity contribution is 8.00. The van der Waals surface area contributed by atoms with Gasteiger partial charge in [0.1, 0.15) is 5.52 Å². The Bertz CT molecular complexity index is 796. The molecule has 3 rings (SSSR count). The summed E-state index contributed by atoms with van der Waals surface area (Å²) in [6.07, 6.45) is 1.32. The monoisotopic (exact) mass is 346 g/mol. The molecular formula is C16H18N4O3S. The SMILES string of the molecule is CCc1nnc(CNC(=O)[C@H](CC)Sc2nc3ccccc3o2)o1. The summed E-state index contributed by atoms with van der Waals surface area (Å²) in [5.41, 5.74) is 1.50. The maximum Gasteiger partial charge on any atom is 0.257 e. The fourth-order valence-electron chi connectivity index (χ4n) is 2.12. The van der Waals surface area contributed by atoms with Gasteiger partial charge in [0.15, 0.2) is 5.58 Å². The number of aromatic nitrogens is 3. The lowest BCUT2D eigenvalue weighted by Gasteiger charge is -2.11. The second kappa shape index (κ2) is 7.48. The molecule has 0 saturated carbocycles. The smallest absolute Gasteiger partial charge is 0.257 e. The van der Waals surface area contributed by atoms with E-state index in [1.54, 1.807) is 0 Å². The molecule has 8 heteroatoms. The van der Waals surface area contributed by atoms with Crippen LogP contribution in [-0.2, 0) is 17.8 Å². The number of carbonyl (C=O) groups is 1. The molecule has 1 atom stereocenters. The van der Waals surface area contributed by atoms with Crippen molar-refractivity contribution in [3.05, 3.63) is 36.0 Å². The van der Waals surface area contributed by atoms with E-state index in [0.29, 0.717) is 35.4 Å². The molecule has 2 aromatic heterocycles. The number of fused-ring (bicyclic) bond motifs is 1. The van der Waals surface area contributed by atoms with Crippen molar-refractivity contribution in [3.8, 4) is 0 Å². The molecule has 0 fully saturated rings. The Hall–Kier alpha value is -2.35. The summed E-state index contributed by atoms with van der Waals surface area (Å²) in [4.78, 5) is 16.7. The van der Waals surface area contributed by atoms with Crippen molar-refractivity contribution in [2.75, 3.05) is 0 Å². The molecule has 1 aromatic carbocycles. The largest absolute Gasteiger partial charge is 0.431 e. The molecule has 126 valence electrons. The van der Waals surface area contributed by atoms with Crippen molar-refractivity contribution in [2.45, 2.75) is 43.7 Å². The van der Waals surface area contributed by atoms with Crippen LogP contribution >= 0.6 is 11.8 Å². The highest BCUT2D eigenvalue weighted by atomic mass is 32.2. The van der Waals surface area contributed by atoms with Crippen LogP contribution in [0.2, 0.25) is 0 Å². The Labute approximate surface area is 143 Å². The van der Waals surface area contributed by atoms with E-state index in [4.69, 9.17) is 8.83 Å². The summed E-state index contributed by atoms with van der Waals surface area (Å²) in [6.45, 7) is 4.10. The van der Waals surface area contributed by atoms with Crippen LogP contribution in [0, 0.1) is 0 Å². The van der Waals surface area contributed by atoms with Gasteiger partial charge in [-0.25, -0.2) is 4.98 Å². The van der Waals surface area contributed by atoms with Crippen molar-refractivity contribution in [3.63, 3.8) is 0 Å². The average Bonchev–Trinajstić information content (AvgIpc) is 3.23. The normalized spacial score (nSPS) is 12.4. The number of nitrogens with zero attached hydrogens (tertiary/aromatic N) is 3. The molecule has 0 aliphatic heterocycles. The van der Waals surface area contributed by atoms with Crippen LogP contribution in [0.25, 0.3) is 11.1 Å². The van der Waals surface area contributed by atoms with Gasteiger partial charge < -0.3 is 14.2 Å². The van der Waals surface area contributed by atoms with Crippen molar-refractivity contribution < 1.29 is 13.6 Å². The Morgan fingerprint density at radius 1 is 1.21 bits per heavy atom. The Balaban J connectivity index is 1.61. The number of para-hydroxylation sites is 2.